The molecule has 0 spiro atoms. The zero-order valence-corrected chi connectivity index (χ0v) is 20.5. The number of rotatable bonds is 4. The van der Waals surface area contributed by atoms with Crippen LogP contribution in [0.3, 0.4) is 0 Å². The maximum atomic E-state index is 13.7. The van der Waals surface area contributed by atoms with Crippen molar-refractivity contribution in [3.8, 4) is 11.8 Å². The second-order valence-electron chi connectivity index (χ2n) is 9.16. The summed E-state index contributed by atoms with van der Waals surface area (Å²) in [5, 5.41) is 0.484. The van der Waals surface area contributed by atoms with E-state index in [-0.39, 0.29) is 41.7 Å². The molecule has 0 aliphatic carbocycles. The number of aromatic amines is 1. The van der Waals surface area contributed by atoms with E-state index >= 15 is 0 Å². The normalized spacial score (nSPS) is 15.9. The van der Waals surface area contributed by atoms with Crippen LogP contribution in [0.15, 0.2) is 32.6 Å². The van der Waals surface area contributed by atoms with Gasteiger partial charge in [0, 0.05) is 26.2 Å². The molecule has 36 heavy (non-hydrogen) atoms. The van der Waals surface area contributed by atoms with Crippen molar-refractivity contribution in [2.75, 3.05) is 18.0 Å². The Morgan fingerprint density at radius 2 is 2.00 bits per heavy atom. The van der Waals surface area contributed by atoms with E-state index in [2.05, 4.69) is 21.8 Å². The fourth-order valence-corrected chi connectivity index (χ4v) is 4.87. The third-order valence-corrected chi connectivity index (χ3v) is 6.67. The zero-order valence-electron chi connectivity index (χ0n) is 20.5. The number of piperidine rings is 1. The fourth-order valence-electron chi connectivity index (χ4n) is 4.87. The number of nitrogens with zero attached hydrogens (tertiary/aromatic N) is 6. The van der Waals surface area contributed by atoms with Crippen LogP contribution in [-0.4, -0.2) is 47.8 Å². The summed E-state index contributed by atoms with van der Waals surface area (Å²) in [6.45, 7) is 4.97. The minimum atomic E-state index is -0.549. The molecule has 11 nitrogen and oxygen atoms in total. The van der Waals surface area contributed by atoms with Gasteiger partial charge in [0.2, 0.25) is 5.95 Å². The number of H-pyrrole nitrogens is 1. The van der Waals surface area contributed by atoms with Crippen molar-refractivity contribution in [1.82, 2.24) is 28.7 Å². The highest BCUT2D eigenvalue weighted by Gasteiger charge is 2.26. The minimum Gasteiger partial charge on any atom is -0.341 e. The van der Waals surface area contributed by atoms with Crippen LogP contribution < -0.4 is 27.4 Å². The van der Waals surface area contributed by atoms with E-state index < -0.39 is 11.2 Å². The molecule has 0 bridgehead atoms. The number of imidazole rings is 1. The molecule has 4 aromatic rings. The molecule has 1 fully saturated rings. The Morgan fingerprint density at radius 3 is 2.75 bits per heavy atom. The van der Waals surface area contributed by atoms with Crippen LogP contribution in [-0.2, 0) is 20.1 Å². The first-order valence-corrected chi connectivity index (χ1v) is 11.9. The number of aromatic nitrogens is 6. The van der Waals surface area contributed by atoms with Crippen LogP contribution >= 0.6 is 0 Å². The van der Waals surface area contributed by atoms with Crippen molar-refractivity contribution in [2.24, 2.45) is 12.8 Å². The monoisotopic (exact) mass is 488 g/mol. The smallest absolute Gasteiger partial charge is 0.332 e. The molecule has 186 valence electrons. The number of hydrogen-bond donors (Lipinski definition) is 2. The van der Waals surface area contributed by atoms with Crippen molar-refractivity contribution >= 4 is 28.0 Å². The molecule has 3 N–H and O–H groups in total. The van der Waals surface area contributed by atoms with E-state index in [1.807, 2.05) is 24.0 Å². The molecule has 11 heteroatoms. The second-order valence-corrected chi connectivity index (χ2v) is 9.16. The number of fused-ring (bicyclic) bond motifs is 2. The molecule has 1 aromatic carbocycles. The first-order chi connectivity index (χ1) is 17.3. The molecule has 0 amide bonds. The molecular weight excluding hydrogens is 460 g/mol. The van der Waals surface area contributed by atoms with Gasteiger partial charge in [-0.05, 0) is 38.3 Å². The molecule has 1 atom stereocenters. The summed E-state index contributed by atoms with van der Waals surface area (Å²) in [5.74, 6) is 6.68. The molecular formula is C25H28N8O3. The van der Waals surface area contributed by atoms with Crippen LogP contribution in [0.4, 0.5) is 5.95 Å². The Labute approximate surface area is 206 Å². The highest BCUT2D eigenvalue weighted by atomic mass is 16.2. The average Bonchev–Trinajstić information content (AvgIpc) is 3.23. The summed E-state index contributed by atoms with van der Waals surface area (Å²) in [6, 6.07) is 5.38. The predicted molar refractivity (Wildman–Crippen MR) is 138 cm³/mol. The van der Waals surface area contributed by atoms with E-state index in [1.165, 1.54) is 4.57 Å². The summed E-state index contributed by atoms with van der Waals surface area (Å²) in [4.78, 5) is 53.7. The van der Waals surface area contributed by atoms with Crippen LogP contribution in [0.25, 0.3) is 22.1 Å². The van der Waals surface area contributed by atoms with Gasteiger partial charge in [-0.3, -0.25) is 23.3 Å². The lowest BCUT2D eigenvalue weighted by Crippen LogP contribution is -2.44. The van der Waals surface area contributed by atoms with Crippen LogP contribution in [0.2, 0.25) is 0 Å². The van der Waals surface area contributed by atoms with E-state index in [9.17, 15) is 14.4 Å². The molecule has 4 heterocycles. The first kappa shape index (κ1) is 23.6. The second kappa shape index (κ2) is 9.13. The topological polar surface area (TPSA) is 137 Å². The standard InChI is InChI=1S/C25H28N8O3/c1-4-5-12-32-20-21(29-24(32)31-11-7-9-16(26)13-31)30(3)25(36)33(23(20)35)14-18-27-17-10-6-8-15(2)19(17)22(34)28-18/h6,8,10,16H,7,9,11-14,26H2,1-3H3,(H,27,28,34)/t16-/m1/s1. The van der Waals surface area contributed by atoms with Gasteiger partial charge in [0.15, 0.2) is 11.2 Å². The molecule has 3 aromatic heterocycles. The van der Waals surface area contributed by atoms with Gasteiger partial charge >= 0.3 is 5.69 Å². The lowest BCUT2D eigenvalue weighted by atomic mass is 10.1. The van der Waals surface area contributed by atoms with E-state index in [0.717, 1.165) is 29.5 Å². The van der Waals surface area contributed by atoms with Gasteiger partial charge in [-0.25, -0.2) is 9.78 Å². The Balaban J connectivity index is 1.70. The number of anilines is 1. The third-order valence-electron chi connectivity index (χ3n) is 6.67. The molecule has 5 rings (SSSR count). The number of nitrogens with one attached hydrogen (secondary N) is 1. The summed E-state index contributed by atoms with van der Waals surface area (Å²) < 4.78 is 4.18. The molecule has 0 unspecified atom stereocenters. The number of benzene rings is 1. The molecule has 1 aliphatic rings. The Kier molecular flexibility index (Phi) is 5.97. The van der Waals surface area contributed by atoms with Gasteiger partial charge in [-0.15, -0.1) is 5.92 Å². The van der Waals surface area contributed by atoms with Gasteiger partial charge in [0.25, 0.3) is 11.1 Å². The lowest BCUT2D eigenvalue weighted by molar-refractivity contribution is 0.496. The lowest BCUT2D eigenvalue weighted by Gasteiger charge is -2.31. The van der Waals surface area contributed by atoms with Gasteiger partial charge in [-0.1, -0.05) is 18.1 Å². The Bertz CT molecular complexity index is 1730. The maximum absolute atomic E-state index is 13.7. The van der Waals surface area contributed by atoms with Crippen molar-refractivity contribution in [2.45, 2.75) is 45.8 Å². The highest BCUT2D eigenvalue weighted by molar-refractivity contribution is 5.81. The summed E-state index contributed by atoms with van der Waals surface area (Å²) in [5.41, 5.74) is 6.68. The van der Waals surface area contributed by atoms with E-state index in [1.54, 1.807) is 24.6 Å². The summed E-state index contributed by atoms with van der Waals surface area (Å²) in [6.07, 6.45) is 1.83. The minimum absolute atomic E-state index is 0.00388. The molecule has 1 saturated heterocycles. The van der Waals surface area contributed by atoms with E-state index in [4.69, 9.17) is 10.7 Å². The Morgan fingerprint density at radius 1 is 1.19 bits per heavy atom. The zero-order chi connectivity index (χ0) is 25.6. The van der Waals surface area contributed by atoms with Gasteiger partial charge in [0.1, 0.15) is 5.82 Å². The fraction of sp³-hybridized carbons (Fsp3) is 0.400. The van der Waals surface area contributed by atoms with Crippen molar-refractivity contribution < 1.29 is 0 Å². The molecule has 0 radical (unpaired) electrons. The van der Waals surface area contributed by atoms with Crippen LogP contribution in [0.5, 0.6) is 0 Å². The first-order valence-electron chi connectivity index (χ1n) is 11.9. The van der Waals surface area contributed by atoms with Gasteiger partial charge in [-0.2, -0.15) is 4.98 Å². The number of hydrogen-bond acceptors (Lipinski definition) is 7. The average molecular weight is 489 g/mol. The van der Waals surface area contributed by atoms with Crippen molar-refractivity contribution in [3.63, 3.8) is 0 Å². The van der Waals surface area contributed by atoms with Crippen LogP contribution in [0, 0.1) is 18.8 Å². The SMILES string of the molecule is CC#CCn1c(N2CCC[C@@H](N)C2)nc2c1c(=O)n(Cc1nc3cccc(C)c3c(=O)[nH]1)c(=O)n2C. The Hall–Kier alpha value is -4.17. The predicted octanol–water partition coefficient (Wildman–Crippen LogP) is 0.441. The largest absolute Gasteiger partial charge is 0.341 e. The summed E-state index contributed by atoms with van der Waals surface area (Å²) in [7, 11) is 1.58. The molecule has 0 saturated carbocycles. The third kappa shape index (κ3) is 3.89. The van der Waals surface area contributed by atoms with Gasteiger partial charge in [0.05, 0.1) is 24.0 Å². The van der Waals surface area contributed by atoms with Crippen molar-refractivity contribution in [3.05, 3.63) is 60.8 Å². The number of nitrogens with two attached hydrogens (primary N) is 1. The quantitative estimate of drug-likeness (QED) is 0.398. The summed E-state index contributed by atoms with van der Waals surface area (Å²) >= 11 is 0. The molecule has 1 aliphatic heterocycles. The number of aryl methyl sites for hydroxylation is 2. The van der Waals surface area contributed by atoms with Crippen molar-refractivity contribution in [1.29, 1.82) is 0 Å². The van der Waals surface area contributed by atoms with Gasteiger partial charge < -0.3 is 15.6 Å². The van der Waals surface area contributed by atoms with E-state index in [0.29, 0.717) is 23.4 Å². The van der Waals surface area contributed by atoms with Crippen LogP contribution in [0.1, 0.15) is 31.2 Å². The maximum Gasteiger partial charge on any atom is 0.332 e. The highest BCUT2D eigenvalue weighted by Crippen LogP contribution is 2.23.